The average Bonchev–Trinajstić information content (AvgIpc) is 3.31. The van der Waals surface area contributed by atoms with Gasteiger partial charge >= 0.3 is 0 Å². The van der Waals surface area contributed by atoms with Crippen LogP contribution in [0.5, 0.6) is 0 Å². The molecule has 294 valence electrons. The lowest BCUT2D eigenvalue weighted by atomic mass is 10.0. The van der Waals surface area contributed by atoms with Crippen LogP contribution in [0.4, 0.5) is 34.1 Å². The Labute approximate surface area is 353 Å². The summed E-state index contributed by atoms with van der Waals surface area (Å²) in [7, 11) is 3.79. The van der Waals surface area contributed by atoms with Crippen LogP contribution < -0.4 is 9.80 Å². The minimum atomic E-state index is 0.00182. The SMILES string of the molecule is CC(=O)c1ccc(-c2ccc(N(c3ccccc3)c3ccccc3)cc2)cc1.CN(C)/C=C/C(=O)c1ccc(-c2ccc(N(c3ccccc3)c3ccccc3)cc2)cc1. The molecular weight excluding hydrogens is 735 g/mol. The summed E-state index contributed by atoms with van der Waals surface area (Å²) in [5.41, 5.74) is 12.5. The van der Waals surface area contributed by atoms with E-state index in [0.29, 0.717) is 5.56 Å². The molecule has 0 atom stereocenters. The predicted molar refractivity (Wildman–Crippen MR) is 250 cm³/mol. The first-order valence-corrected chi connectivity index (χ1v) is 20.0. The van der Waals surface area contributed by atoms with Crippen LogP contribution in [-0.4, -0.2) is 30.6 Å². The van der Waals surface area contributed by atoms with Crippen molar-refractivity contribution in [3.05, 3.63) is 242 Å². The van der Waals surface area contributed by atoms with E-state index in [1.54, 1.807) is 19.2 Å². The molecule has 0 aliphatic carbocycles. The van der Waals surface area contributed by atoms with E-state index in [2.05, 4.69) is 155 Å². The van der Waals surface area contributed by atoms with E-state index in [1.165, 1.54) is 0 Å². The summed E-state index contributed by atoms with van der Waals surface area (Å²) in [5.74, 6) is 0.0882. The van der Waals surface area contributed by atoms with Gasteiger partial charge in [-0.2, -0.15) is 0 Å². The fourth-order valence-electron chi connectivity index (χ4n) is 6.85. The molecule has 8 aromatic rings. The van der Waals surface area contributed by atoms with Crippen molar-refractivity contribution < 1.29 is 9.59 Å². The molecule has 0 radical (unpaired) electrons. The van der Waals surface area contributed by atoms with Gasteiger partial charge in [-0.25, -0.2) is 0 Å². The first-order valence-electron chi connectivity index (χ1n) is 20.0. The van der Waals surface area contributed by atoms with E-state index in [4.69, 9.17) is 0 Å². The van der Waals surface area contributed by atoms with Gasteiger partial charge in [0.15, 0.2) is 11.6 Å². The molecule has 0 unspecified atom stereocenters. The highest BCUT2D eigenvalue weighted by Gasteiger charge is 2.14. The number of Topliss-reactive ketones (excluding diaryl/α,β-unsaturated/α-hetero) is 1. The fourth-order valence-corrected chi connectivity index (χ4v) is 6.85. The highest BCUT2D eigenvalue weighted by atomic mass is 16.1. The standard InChI is InChI=1S/C29H26N2O.C26H21NO/c1-30(2)22-21-29(32)25-15-13-23(14-16-25)24-17-19-28(20-18-24)31(26-9-5-3-6-10-26)27-11-7-4-8-12-27;1-20(28)21-12-14-22(15-13-21)23-16-18-26(19-17-23)27(24-8-4-2-5-9-24)25-10-6-3-7-11-25/h3-22H,1-2H3;2-19H,1H3/b22-21+;. The van der Waals surface area contributed by atoms with Crippen LogP contribution in [0.1, 0.15) is 27.6 Å². The number of nitrogens with zero attached hydrogens (tertiary/aromatic N) is 3. The molecule has 0 saturated carbocycles. The minimum Gasteiger partial charge on any atom is -0.383 e. The maximum Gasteiger partial charge on any atom is 0.187 e. The van der Waals surface area contributed by atoms with Crippen molar-refractivity contribution in [2.75, 3.05) is 23.9 Å². The maximum atomic E-state index is 12.3. The summed E-state index contributed by atoms with van der Waals surface area (Å²) in [6.07, 6.45) is 3.35. The van der Waals surface area contributed by atoms with Crippen molar-refractivity contribution in [2.24, 2.45) is 0 Å². The molecule has 0 heterocycles. The first kappa shape index (κ1) is 40.4. The summed E-state index contributed by atoms with van der Waals surface area (Å²) in [5, 5.41) is 0. The summed E-state index contributed by atoms with van der Waals surface area (Å²) in [4.78, 5) is 30.1. The molecule has 0 saturated heterocycles. The van der Waals surface area contributed by atoms with Crippen LogP contribution in [0.3, 0.4) is 0 Å². The van der Waals surface area contributed by atoms with Crippen LogP contribution in [0.25, 0.3) is 22.3 Å². The van der Waals surface area contributed by atoms with Gasteiger partial charge in [0.05, 0.1) is 0 Å². The maximum absolute atomic E-state index is 12.3. The number of para-hydroxylation sites is 4. The zero-order valence-corrected chi connectivity index (χ0v) is 34.1. The van der Waals surface area contributed by atoms with Crippen LogP contribution in [0.15, 0.2) is 231 Å². The van der Waals surface area contributed by atoms with E-state index in [9.17, 15) is 9.59 Å². The average molecular weight is 782 g/mol. The van der Waals surface area contributed by atoms with E-state index in [0.717, 1.165) is 61.9 Å². The monoisotopic (exact) mass is 781 g/mol. The van der Waals surface area contributed by atoms with Crippen LogP contribution in [0.2, 0.25) is 0 Å². The van der Waals surface area contributed by atoms with Gasteiger partial charge in [-0.3, -0.25) is 9.59 Å². The number of hydrogen-bond acceptors (Lipinski definition) is 5. The third kappa shape index (κ3) is 10.2. The normalized spacial score (nSPS) is 10.7. The molecule has 0 aliphatic rings. The Kier molecular flexibility index (Phi) is 13.2. The van der Waals surface area contributed by atoms with E-state index >= 15 is 0 Å². The van der Waals surface area contributed by atoms with Crippen molar-refractivity contribution in [3.8, 4) is 22.3 Å². The summed E-state index contributed by atoms with van der Waals surface area (Å²) in [6, 6.07) is 74.0. The van der Waals surface area contributed by atoms with Crippen LogP contribution in [-0.2, 0) is 0 Å². The highest BCUT2D eigenvalue weighted by molar-refractivity contribution is 6.04. The molecule has 8 rings (SSSR count). The Bertz CT molecular complexity index is 2530. The Morgan fingerprint density at radius 3 is 0.900 bits per heavy atom. The van der Waals surface area contributed by atoms with Crippen LogP contribution >= 0.6 is 0 Å². The largest absolute Gasteiger partial charge is 0.383 e. The lowest BCUT2D eigenvalue weighted by Gasteiger charge is -2.25. The molecule has 0 amide bonds. The number of anilines is 6. The predicted octanol–water partition coefficient (Wildman–Crippen LogP) is 14.1. The van der Waals surface area contributed by atoms with Crippen molar-refractivity contribution >= 4 is 45.7 Å². The fraction of sp³-hybridized carbons (Fsp3) is 0.0545. The van der Waals surface area contributed by atoms with Crippen molar-refractivity contribution in [1.29, 1.82) is 0 Å². The Balaban J connectivity index is 0.000000183. The number of ketones is 2. The molecule has 0 N–H and O–H groups in total. The molecule has 0 aliphatic heterocycles. The molecular formula is C55H47N3O2. The first-order chi connectivity index (χ1) is 29.3. The van der Waals surface area contributed by atoms with Gasteiger partial charge in [0.25, 0.3) is 0 Å². The number of carbonyl (C=O) groups excluding carboxylic acids is 2. The molecule has 0 spiro atoms. The second-order valence-electron chi connectivity index (χ2n) is 14.5. The molecule has 60 heavy (non-hydrogen) atoms. The quantitative estimate of drug-likeness (QED) is 0.0912. The van der Waals surface area contributed by atoms with Crippen molar-refractivity contribution in [1.82, 2.24) is 4.90 Å². The number of benzene rings is 8. The molecule has 5 nitrogen and oxygen atoms in total. The third-order valence-electron chi connectivity index (χ3n) is 9.96. The van der Waals surface area contributed by atoms with Gasteiger partial charge in [-0.15, -0.1) is 0 Å². The lowest BCUT2D eigenvalue weighted by molar-refractivity contribution is 0.101. The van der Waals surface area contributed by atoms with E-state index < -0.39 is 0 Å². The number of allylic oxidation sites excluding steroid dienone is 1. The summed E-state index contributed by atoms with van der Waals surface area (Å²) in [6.45, 7) is 1.59. The molecule has 0 fully saturated rings. The molecule has 5 heteroatoms. The zero-order valence-electron chi connectivity index (χ0n) is 34.1. The van der Waals surface area contributed by atoms with Gasteiger partial charge in [0, 0.05) is 71.6 Å². The van der Waals surface area contributed by atoms with Gasteiger partial charge in [-0.05, 0) is 102 Å². The number of carbonyl (C=O) groups is 2. The topological polar surface area (TPSA) is 43.9 Å². The van der Waals surface area contributed by atoms with E-state index in [-0.39, 0.29) is 11.6 Å². The van der Waals surface area contributed by atoms with Crippen molar-refractivity contribution in [3.63, 3.8) is 0 Å². The van der Waals surface area contributed by atoms with Gasteiger partial charge in [0.1, 0.15) is 0 Å². The zero-order chi connectivity index (χ0) is 41.7. The highest BCUT2D eigenvalue weighted by Crippen LogP contribution is 2.37. The minimum absolute atomic E-state index is 0.00182. The van der Waals surface area contributed by atoms with Gasteiger partial charge in [-0.1, -0.05) is 146 Å². The second kappa shape index (κ2) is 19.6. The Morgan fingerprint density at radius 2 is 0.617 bits per heavy atom. The van der Waals surface area contributed by atoms with Gasteiger partial charge < -0.3 is 14.7 Å². The third-order valence-corrected chi connectivity index (χ3v) is 9.96. The summed E-state index contributed by atoms with van der Waals surface area (Å²) < 4.78 is 0. The van der Waals surface area contributed by atoms with E-state index in [1.807, 2.05) is 91.8 Å². The second-order valence-corrected chi connectivity index (χ2v) is 14.5. The Morgan fingerprint density at radius 1 is 0.350 bits per heavy atom. The molecule has 0 bridgehead atoms. The van der Waals surface area contributed by atoms with Crippen molar-refractivity contribution in [2.45, 2.75) is 6.92 Å². The number of hydrogen-bond donors (Lipinski definition) is 0. The lowest BCUT2D eigenvalue weighted by Crippen LogP contribution is -2.09. The number of rotatable bonds is 12. The van der Waals surface area contributed by atoms with Gasteiger partial charge in [0.2, 0.25) is 0 Å². The Hall–Kier alpha value is -7.76. The van der Waals surface area contributed by atoms with Crippen LogP contribution in [0, 0.1) is 0 Å². The molecule has 8 aromatic carbocycles. The molecule has 0 aromatic heterocycles. The summed E-state index contributed by atoms with van der Waals surface area (Å²) >= 11 is 0. The smallest absolute Gasteiger partial charge is 0.187 e.